The van der Waals surface area contributed by atoms with E-state index < -0.39 is 11.9 Å². The minimum Gasteiger partial charge on any atom is -0.352 e. The van der Waals surface area contributed by atoms with Crippen LogP contribution in [0.4, 0.5) is 4.39 Å². The zero-order chi connectivity index (χ0) is 18.3. The normalized spacial score (nSPS) is 17.4. The summed E-state index contributed by atoms with van der Waals surface area (Å²) in [6.07, 6.45) is 3.53. The lowest BCUT2D eigenvalue weighted by atomic mass is 10.0. The number of nitrogens with zero attached hydrogens (tertiary/aromatic N) is 3. The molecule has 1 fully saturated rings. The molecular formula is C19H17FN4O2. The minimum absolute atomic E-state index is 0.256. The molecule has 7 heteroatoms. The van der Waals surface area contributed by atoms with Crippen LogP contribution in [0.5, 0.6) is 0 Å². The first kappa shape index (κ1) is 16.3. The zero-order valence-electron chi connectivity index (χ0n) is 14.1. The van der Waals surface area contributed by atoms with Crippen LogP contribution in [0, 0.1) is 12.7 Å². The molecule has 0 spiro atoms. The molecule has 2 aromatic heterocycles. The van der Waals surface area contributed by atoms with Crippen molar-refractivity contribution < 1.29 is 14.0 Å². The molecule has 1 atom stereocenters. The van der Waals surface area contributed by atoms with Gasteiger partial charge in [-0.15, -0.1) is 0 Å². The molecule has 6 nitrogen and oxygen atoms in total. The third kappa shape index (κ3) is 2.81. The van der Waals surface area contributed by atoms with E-state index >= 15 is 0 Å². The van der Waals surface area contributed by atoms with Crippen LogP contribution in [0.3, 0.4) is 0 Å². The molecule has 2 amide bonds. The van der Waals surface area contributed by atoms with Gasteiger partial charge in [0.05, 0.1) is 0 Å². The smallest absolute Gasteiger partial charge is 0.275 e. The van der Waals surface area contributed by atoms with Crippen LogP contribution in [0.1, 0.15) is 27.7 Å². The van der Waals surface area contributed by atoms with Crippen molar-refractivity contribution >= 4 is 17.5 Å². The number of imidazole rings is 1. The molecule has 1 N–H and O–H groups in total. The fourth-order valence-electron chi connectivity index (χ4n) is 3.25. The van der Waals surface area contributed by atoms with Gasteiger partial charge in [0, 0.05) is 25.5 Å². The average molecular weight is 352 g/mol. The number of carbonyl (C=O) groups excluding carboxylic acids is 2. The van der Waals surface area contributed by atoms with Crippen molar-refractivity contribution in [2.75, 3.05) is 13.1 Å². The molecule has 0 saturated carbocycles. The maximum Gasteiger partial charge on any atom is 0.275 e. The van der Waals surface area contributed by atoms with Crippen molar-refractivity contribution in [1.29, 1.82) is 0 Å². The highest BCUT2D eigenvalue weighted by Crippen LogP contribution is 2.25. The number of hydrogen-bond donors (Lipinski definition) is 1. The monoisotopic (exact) mass is 352 g/mol. The van der Waals surface area contributed by atoms with Gasteiger partial charge >= 0.3 is 0 Å². The summed E-state index contributed by atoms with van der Waals surface area (Å²) in [6, 6.07) is 8.64. The Morgan fingerprint density at radius 3 is 2.92 bits per heavy atom. The number of rotatable bonds is 2. The van der Waals surface area contributed by atoms with Crippen LogP contribution in [0.2, 0.25) is 0 Å². The van der Waals surface area contributed by atoms with Crippen LogP contribution >= 0.6 is 0 Å². The van der Waals surface area contributed by atoms with Crippen molar-refractivity contribution in [3.8, 4) is 0 Å². The predicted molar refractivity (Wildman–Crippen MR) is 93.1 cm³/mol. The Labute approximate surface area is 149 Å². The summed E-state index contributed by atoms with van der Waals surface area (Å²) < 4.78 is 15.4. The van der Waals surface area contributed by atoms with E-state index in [1.54, 1.807) is 16.7 Å². The molecule has 0 unspecified atom stereocenters. The second-order valence-electron chi connectivity index (χ2n) is 6.35. The third-order valence-electron chi connectivity index (χ3n) is 4.46. The number of carbonyl (C=O) groups is 2. The van der Waals surface area contributed by atoms with Gasteiger partial charge in [-0.25, -0.2) is 9.37 Å². The Hall–Kier alpha value is -3.22. The van der Waals surface area contributed by atoms with E-state index in [4.69, 9.17) is 0 Å². The molecule has 0 bridgehead atoms. The van der Waals surface area contributed by atoms with Gasteiger partial charge < -0.3 is 14.6 Å². The Bertz CT molecular complexity index is 1010. The molecule has 3 heterocycles. The van der Waals surface area contributed by atoms with E-state index in [1.165, 1.54) is 23.1 Å². The van der Waals surface area contributed by atoms with Gasteiger partial charge in [0.2, 0.25) is 5.91 Å². The average Bonchev–Trinajstić information content (AvgIpc) is 3.04. The summed E-state index contributed by atoms with van der Waals surface area (Å²) in [6.45, 7) is 2.64. The molecule has 0 aliphatic carbocycles. The highest BCUT2D eigenvalue weighted by atomic mass is 19.1. The van der Waals surface area contributed by atoms with Crippen molar-refractivity contribution in [3.05, 3.63) is 71.4 Å². The van der Waals surface area contributed by atoms with Crippen molar-refractivity contribution in [1.82, 2.24) is 19.6 Å². The quantitative estimate of drug-likeness (QED) is 0.768. The number of hydrogen-bond acceptors (Lipinski definition) is 3. The highest BCUT2D eigenvalue weighted by Gasteiger charge is 2.35. The summed E-state index contributed by atoms with van der Waals surface area (Å²) in [5.74, 6) is -1.12. The summed E-state index contributed by atoms with van der Waals surface area (Å²) in [4.78, 5) is 31.3. The molecule has 1 aliphatic heterocycles. The van der Waals surface area contributed by atoms with Crippen LogP contribution in [0.25, 0.3) is 5.65 Å². The van der Waals surface area contributed by atoms with E-state index in [9.17, 15) is 14.0 Å². The molecule has 1 aromatic carbocycles. The van der Waals surface area contributed by atoms with Gasteiger partial charge in [-0.05, 0) is 36.2 Å². The number of amides is 2. The molecule has 132 valence electrons. The Kier molecular flexibility index (Phi) is 3.91. The summed E-state index contributed by atoms with van der Waals surface area (Å²) in [5, 5.41) is 2.74. The SMILES string of the molecule is Cc1ccc2nc(C(=O)N3CCNC(=O)[C@@H]3c3cccc(F)c3)cn2c1. The Morgan fingerprint density at radius 1 is 1.27 bits per heavy atom. The Morgan fingerprint density at radius 2 is 2.12 bits per heavy atom. The molecule has 4 rings (SSSR count). The molecule has 1 saturated heterocycles. The molecular weight excluding hydrogens is 335 g/mol. The number of fused-ring (bicyclic) bond motifs is 1. The number of aryl methyl sites for hydroxylation is 1. The highest BCUT2D eigenvalue weighted by molar-refractivity contribution is 5.97. The maximum atomic E-state index is 13.6. The van der Waals surface area contributed by atoms with Crippen molar-refractivity contribution in [2.45, 2.75) is 13.0 Å². The van der Waals surface area contributed by atoms with E-state index in [1.807, 2.05) is 25.3 Å². The number of pyridine rings is 1. The topological polar surface area (TPSA) is 66.7 Å². The fraction of sp³-hybridized carbons (Fsp3) is 0.211. The van der Waals surface area contributed by atoms with Crippen LogP contribution in [-0.2, 0) is 4.79 Å². The third-order valence-corrected chi connectivity index (χ3v) is 4.46. The lowest BCUT2D eigenvalue weighted by Gasteiger charge is -2.34. The van der Waals surface area contributed by atoms with Gasteiger partial charge in [0.1, 0.15) is 23.2 Å². The first-order valence-electron chi connectivity index (χ1n) is 8.32. The van der Waals surface area contributed by atoms with Crippen LogP contribution in [-0.4, -0.2) is 39.2 Å². The lowest BCUT2D eigenvalue weighted by molar-refractivity contribution is -0.128. The summed E-state index contributed by atoms with van der Waals surface area (Å²) in [7, 11) is 0. The second-order valence-corrected chi connectivity index (χ2v) is 6.35. The van der Waals surface area contributed by atoms with Crippen LogP contribution in [0.15, 0.2) is 48.8 Å². The number of nitrogens with one attached hydrogen (secondary N) is 1. The number of benzene rings is 1. The van der Waals surface area contributed by atoms with Gasteiger partial charge in [-0.1, -0.05) is 18.2 Å². The van der Waals surface area contributed by atoms with Crippen LogP contribution < -0.4 is 5.32 Å². The fourth-order valence-corrected chi connectivity index (χ4v) is 3.25. The first-order valence-corrected chi connectivity index (χ1v) is 8.32. The van der Waals surface area contributed by atoms with E-state index in [-0.39, 0.29) is 17.5 Å². The van der Waals surface area contributed by atoms with E-state index in [0.29, 0.717) is 24.3 Å². The number of piperazine rings is 1. The number of aromatic nitrogens is 2. The first-order chi connectivity index (χ1) is 12.5. The molecule has 3 aromatic rings. The molecule has 0 radical (unpaired) electrons. The van der Waals surface area contributed by atoms with E-state index in [0.717, 1.165) is 5.56 Å². The summed E-state index contributed by atoms with van der Waals surface area (Å²) >= 11 is 0. The van der Waals surface area contributed by atoms with Gasteiger partial charge in [-0.3, -0.25) is 9.59 Å². The number of halogens is 1. The predicted octanol–water partition coefficient (Wildman–Crippen LogP) is 2.10. The van der Waals surface area contributed by atoms with Crippen molar-refractivity contribution in [3.63, 3.8) is 0 Å². The second kappa shape index (κ2) is 6.25. The Balaban J connectivity index is 1.72. The van der Waals surface area contributed by atoms with Gasteiger partial charge in [-0.2, -0.15) is 0 Å². The maximum absolute atomic E-state index is 13.6. The van der Waals surface area contributed by atoms with Crippen molar-refractivity contribution in [2.24, 2.45) is 0 Å². The largest absolute Gasteiger partial charge is 0.352 e. The standard InChI is InChI=1S/C19H17FN4O2/c1-12-5-6-16-22-15(11-23(16)10-12)19(26)24-8-7-21-18(25)17(24)13-3-2-4-14(20)9-13/h2-6,9-11,17H,7-8H2,1H3,(H,21,25)/t17-/m0/s1. The lowest BCUT2D eigenvalue weighted by Crippen LogP contribution is -2.52. The summed E-state index contributed by atoms with van der Waals surface area (Å²) in [5.41, 5.74) is 2.40. The zero-order valence-corrected chi connectivity index (χ0v) is 14.1. The molecule has 26 heavy (non-hydrogen) atoms. The molecule has 1 aliphatic rings. The van der Waals surface area contributed by atoms with Gasteiger partial charge in [0.25, 0.3) is 5.91 Å². The van der Waals surface area contributed by atoms with E-state index in [2.05, 4.69) is 10.3 Å². The minimum atomic E-state index is -0.876. The van der Waals surface area contributed by atoms with Gasteiger partial charge in [0.15, 0.2) is 0 Å².